The van der Waals surface area contributed by atoms with E-state index in [-0.39, 0.29) is 34.5 Å². The number of azide groups is 1. The molecular weight excluding hydrogens is 587 g/mol. The van der Waals surface area contributed by atoms with Gasteiger partial charge in [-0.05, 0) is 77.2 Å². The summed E-state index contributed by atoms with van der Waals surface area (Å²) in [6, 6.07) is 7.92. The maximum atomic E-state index is 12.5. The van der Waals surface area contributed by atoms with Crippen molar-refractivity contribution in [2.45, 2.75) is 49.5 Å². The highest BCUT2D eigenvalue weighted by molar-refractivity contribution is 14.1. The van der Waals surface area contributed by atoms with Crippen molar-refractivity contribution in [3.63, 3.8) is 0 Å². The standard InChI is InChI=1S/C22H25IN6O5S/c23-18-12-17(20(30)13-19(18)27-29-24)21(31)25-11-10-14-6-8-16(9-7-14)35(33,34)28-22(32)26-15-4-2-1-3-5-15/h6-9,12-13,15,30H,1-5,10-11H2,(H,25,31)(H2,26,28,32). The average molecular weight is 612 g/mol. The van der Waals surface area contributed by atoms with E-state index >= 15 is 0 Å². The summed E-state index contributed by atoms with van der Waals surface area (Å²) in [6.07, 6.45) is 5.27. The highest BCUT2D eigenvalue weighted by Crippen LogP contribution is 2.30. The molecule has 1 fully saturated rings. The van der Waals surface area contributed by atoms with Crippen LogP contribution in [0.3, 0.4) is 0 Å². The molecule has 0 aromatic heterocycles. The number of urea groups is 1. The molecule has 0 saturated heterocycles. The zero-order valence-electron chi connectivity index (χ0n) is 18.7. The Bertz CT molecular complexity index is 1240. The van der Waals surface area contributed by atoms with E-state index in [0.717, 1.165) is 37.7 Å². The van der Waals surface area contributed by atoms with Crippen molar-refractivity contribution < 1.29 is 23.1 Å². The molecule has 2 aromatic rings. The number of amides is 3. The van der Waals surface area contributed by atoms with Gasteiger partial charge in [0.2, 0.25) is 0 Å². The number of hydrogen-bond donors (Lipinski definition) is 4. The summed E-state index contributed by atoms with van der Waals surface area (Å²) in [6.45, 7) is 0.237. The van der Waals surface area contributed by atoms with Crippen LogP contribution in [0.25, 0.3) is 10.4 Å². The topological polar surface area (TPSA) is 173 Å². The molecule has 4 N–H and O–H groups in total. The molecule has 0 heterocycles. The van der Waals surface area contributed by atoms with E-state index in [0.29, 0.717) is 9.99 Å². The molecule has 1 aliphatic rings. The van der Waals surface area contributed by atoms with Crippen LogP contribution in [0.1, 0.15) is 48.0 Å². The molecule has 1 aliphatic carbocycles. The van der Waals surface area contributed by atoms with Gasteiger partial charge >= 0.3 is 6.03 Å². The molecule has 0 radical (unpaired) electrons. The van der Waals surface area contributed by atoms with E-state index in [1.54, 1.807) is 12.1 Å². The number of phenolic OH excluding ortho intramolecular Hbond substituents is 1. The first kappa shape index (κ1) is 26.6. The van der Waals surface area contributed by atoms with E-state index in [1.165, 1.54) is 24.3 Å². The lowest BCUT2D eigenvalue weighted by molar-refractivity contribution is 0.0951. The van der Waals surface area contributed by atoms with E-state index in [4.69, 9.17) is 5.53 Å². The Balaban J connectivity index is 1.52. The number of hydrogen-bond acceptors (Lipinski definition) is 6. The van der Waals surface area contributed by atoms with Crippen LogP contribution in [0.5, 0.6) is 5.75 Å². The highest BCUT2D eigenvalue weighted by Gasteiger charge is 2.21. The van der Waals surface area contributed by atoms with Crippen LogP contribution in [0.2, 0.25) is 0 Å². The second-order valence-electron chi connectivity index (χ2n) is 8.07. The van der Waals surface area contributed by atoms with Gasteiger partial charge in [-0.25, -0.2) is 17.9 Å². The van der Waals surface area contributed by atoms with E-state index in [9.17, 15) is 23.1 Å². The zero-order valence-corrected chi connectivity index (χ0v) is 21.7. The number of nitrogens with zero attached hydrogens (tertiary/aromatic N) is 3. The van der Waals surface area contributed by atoms with Gasteiger partial charge in [-0.3, -0.25) is 4.79 Å². The summed E-state index contributed by atoms with van der Waals surface area (Å²) < 4.78 is 27.6. The number of rotatable bonds is 8. The van der Waals surface area contributed by atoms with Crippen LogP contribution in [-0.2, 0) is 16.4 Å². The molecule has 0 aliphatic heterocycles. The summed E-state index contributed by atoms with van der Waals surface area (Å²) in [5.41, 5.74) is 9.58. The van der Waals surface area contributed by atoms with Crippen LogP contribution in [0.4, 0.5) is 10.5 Å². The molecule has 0 atom stereocenters. The van der Waals surface area contributed by atoms with Crippen molar-refractivity contribution in [1.29, 1.82) is 0 Å². The van der Waals surface area contributed by atoms with Gasteiger partial charge in [0.05, 0.1) is 16.1 Å². The fourth-order valence-corrected chi connectivity index (χ4v) is 5.24. The lowest BCUT2D eigenvalue weighted by atomic mass is 9.96. The number of phenols is 1. The second-order valence-corrected chi connectivity index (χ2v) is 10.9. The second kappa shape index (κ2) is 12.1. The first-order valence-corrected chi connectivity index (χ1v) is 13.5. The maximum Gasteiger partial charge on any atom is 0.328 e. The maximum absolute atomic E-state index is 12.5. The van der Waals surface area contributed by atoms with Crippen molar-refractivity contribution in [2.75, 3.05) is 6.54 Å². The van der Waals surface area contributed by atoms with Crippen LogP contribution in [0.15, 0.2) is 46.4 Å². The number of nitrogens with one attached hydrogen (secondary N) is 3. The number of sulfonamides is 1. The number of carbonyl (C=O) groups excluding carboxylic acids is 2. The highest BCUT2D eigenvalue weighted by atomic mass is 127. The van der Waals surface area contributed by atoms with Gasteiger partial charge in [0, 0.05) is 21.1 Å². The van der Waals surface area contributed by atoms with Crippen molar-refractivity contribution in [3.8, 4) is 5.75 Å². The first-order valence-electron chi connectivity index (χ1n) is 11.0. The molecule has 35 heavy (non-hydrogen) atoms. The Morgan fingerprint density at radius 2 is 1.83 bits per heavy atom. The monoisotopic (exact) mass is 612 g/mol. The van der Waals surface area contributed by atoms with Gasteiger partial charge in [0.25, 0.3) is 15.9 Å². The molecule has 2 aromatic carbocycles. The fraction of sp³-hybridized carbons (Fsp3) is 0.364. The smallest absolute Gasteiger partial charge is 0.328 e. The van der Waals surface area contributed by atoms with E-state index in [1.807, 2.05) is 22.6 Å². The van der Waals surface area contributed by atoms with Crippen molar-refractivity contribution >= 4 is 50.2 Å². The molecule has 186 valence electrons. The molecular formula is C22H25IN6O5S. The van der Waals surface area contributed by atoms with Gasteiger partial charge in [-0.1, -0.05) is 36.5 Å². The molecule has 1 saturated carbocycles. The first-order chi connectivity index (χ1) is 16.7. The lowest BCUT2D eigenvalue weighted by Crippen LogP contribution is -2.45. The normalized spacial score (nSPS) is 14.0. The third kappa shape index (κ3) is 7.47. The van der Waals surface area contributed by atoms with Gasteiger partial charge < -0.3 is 15.7 Å². The average Bonchev–Trinajstić information content (AvgIpc) is 2.82. The van der Waals surface area contributed by atoms with Gasteiger partial charge in [-0.15, -0.1) is 0 Å². The molecule has 3 amide bonds. The summed E-state index contributed by atoms with van der Waals surface area (Å²) in [4.78, 5) is 27.1. The minimum atomic E-state index is -4.00. The van der Waals surface area contributed by atoms with Crippen LogP contribution in [-0.4, -0.2) is 38.0 Å². The third-order valence-corrected chi connectivity index (χ3v) is 7.77. The number of aromatic hydroxyl groups is 1. The lowest BCUT2D eigenvalue weighted by Gasteiger charge is -2.22. The Hall–Kier alpha value is -3.03. The van der Waals surface area contributed by atoms with Crippen molar-refractivity contribution in [3.05, 3.63) is 61.5 Å². The van der Waals surface area contributed by atoms with Crippen LogP contribution in [0, 0.1) is 3.57 Å². The Morgan fingerprint density at radius 3 is 2.49 bits per heavy atom. The number of carbonyl (C=O) groups is 2. The van der Waals surface area contributed by atoms with E-state index in [2.05, 4.69) is 25.4 Å². The SMILES string of the molecule is [N-]=[N+]=Nc1cc(O)c(C(=O)NCCc2ccc(S(=O)(=O)NC(=O)NC3CCCCC3)cc2)cc1I. The molecule has 3 rings (SSSR count). The molecule has 11 nitrogen and oxygen atoms in total. The minimum Gasteiger partial charge on any atom is -0.507 e. The number of halogens is 1. The molecule has 0 spiro atoms. The number of benzene rings is 2. The van der Waals surface area contributed by atoms with Gasteiger partial charge in [0.15, 0.2) is 0 Å². The van der Waals surface area contributed by atoms with Crippen molar-refractivity contribution in [1.82, 2.24) is 15.4 Å². The quantitative estimate of drug-likeness (QED) is 0.151. The minimum absolute atomic E-state index is 0.00842. The molecule has 0 bridgehead atoms. The third-order valence-electron chi connectivity index (χ3n) is 5.56. The summed E-state index contributed by atoms with van der Waals surface area (Å²) in [5.74, 6) is -0.805. The Kier molecular flexibility index (Phi) is 9.18. The van der Waals surface area contributed by atoms with E-state index < -0.39 is 22.0 Å². The largest absolute Gasteiger partial charge is 0.507 e. The van der Waals surface area contributed by atoms with Crippen LogP contribution < -0.4 is 15.4 Å². The van der Waals surface area contributed by atoms with Crippen LogP contribution >= 0.6 is 22.6 Å². The predicted molar refractivity (Wildman–Crippen MR) is 138 cm³/mol. The summed E-state index contributed by atoms with van der Waals surface area (Å²) in [5, 5.41) is 18.9. The molecule has 13 heteroatoms. The summed E-state index contributed by atoms with van der Waals surface area (Å²) >= 11 is 1.90. The van der Waals surface area contributed by atoms with Gasteiger partial charge in [0.1, 0.15) is 5.75 Å². The fourth-order valence-electron chi connectivity index (χ4n) is 3.75. The predicted octanol–water partition coefficient (Wildman–Crippen LogP) is 4.23. The van der Waals surface area contributed by atoms with Crippen molar-refractivity contribution in [2.24, 2.45) is 5.11 Å². The Morgan fingerprint density at radius 1 is 1.14 bits per heavy atom. The zero-order chi connectivity index (χ0) is 25.4. The molecule has 0 unspecified atom stereocenters. The Labute approximate surface area is 216 Å². The van der Waals surface area contributed by atoms with Gasteiger partial charge in [-0.2, -0.15) is 0 Å². The summed E-state index contributed by atoms with van der Waals surface area (Å²) in [7, 11) is -4.00.